The highest BCUT2D eigenvalue weighted by atomic mass is 79.9. The van der Waals surface area contributed by atoms with Crippen molar-refractivity contribution in [2.75, 3.05) is 36.4 Å². The number of aryl methyl sites for hydroxylation is 5. The molecule has 0 atom stereocenters. The number of sulfonamides is 2. The number of hydrogen-bond donors (Lipinski definition) is 7. The van der Waals surface area contributed by atoms with E-state index in [1.165, 1.54) is 121 Å². The van der Waals surface area contributed by atoms with Crippen LogP contribution in [0.25, 0.3) is 77.9 Å². The van der Waals surface area contributed by atoms with Gasteiger partial charge in [-0.1, -0.05) is 69.6 Å². The predicted octanol–water partition coefficient (Wildman–Crippen LogP) is 28.0. The first-order valence-corrected chi connectivity index (χ1v) is 47.3. The van der Waals surface area contributed by atoms with Crippen molar-refractivity contribution < 1.29 is 80.4 Å². The van der Waals surface area contributed by atoms with Gasteiger partial charge in [-0.2, -0.15) is 10.2 Å². The molecule has 2 aromatic heterocycles. The van der Waals surface area contributed by atoms with Crippen molar-refractivity contribution in [2.24, 2.45) is 14.1 Å². The van der Waals surface area contributed by atoms with Gasteiger partial charge in [0.15, 0.2) is 0 Å². The molecule has 0 radical (unpaired) electrons. The van der Waals surface area contributed by atoms with Gasteiger partial charge in [-0.15, -0.1) is 0 Å². The molecule has 0 saturated heterocycles. The Bertz CT molecular complexity index is 7860. The Hall–Kier alpha value is -16.1. The van der Waals surface area contributed by atoms with Gasteiger partial charge in [0, 0.05) is 157 Å². The molecule has 2 heterocycles. The molecule has 14 aromatic carbocycles. The molecule has 0 amide bonds. The van der Waals surface area contributed by atoms with Crippen LogP contribution in [0.2, 0.25) is 0 Å². The number of rotatable bonds is 25. The second-order valence-corrected chi connectivity index (χ2v) is 38.6. The quantitative estimate of drug-likeness (QED) is 0.0121. The highest BCUT2D eigenvalue weighted by molar-refractivity contribution is 9.10. The van der Waals surface area contributed by atoms with E-state index in [1.807, 2.05) is 26.8 Å². The first kappa shape index (κ1) is 104. The fourth-order valence-corrected chi connectivity index (χ4v) is 18.3. The van der Waals surface area contributed by atoms with Crippen LogP contribution < -0.4 is 36.4 Å². The molecule has 2 fully saturated rings. The van der Waals surface area contributed by atoms with Crippen LogP contribution in [0.5, 0.6) is 0 Å². The molecule has 0 bridgehead atoms. The lowest BCUT2D eigenvalue weighted by Crippen LogP contribution is -2.17. The Morgan fingerprint density at radius 1 is 0.322 bits per heavy atom. The van der Waals surface area contributed by atoms with Gasteiger partial charge in [0.05, 0.1) is 54.0 Å². The molecule has 8 N–H and O–H groups in total. The molecular formula is C102H83Br2F10N15O12S2. The largest absolute Gasteiger partial charge is 0.399 e. The Kier molecular flexibility index (Phi) is 32.5. The molecule has 2 aliphatic carbocycles. The molecule has 0 aliphatic heterocycles. The number of halogens is 12. The molecule has 2 saturated carbocycles. The summed E-state index contributed by atoms with van der Waals surface area (Å²) in [6, 6.07) is 59.5. The lowest BCUT2D eigenvalue weighted by Gasteiger charge is -2.15. The number of nitrogen functional groups attached to an aromatic ring is 1. The van der Waals surface area contributed by atoms with Gasteiger partial charge in [-0.05, 0) is 272 Å². The van der Waals surface area contributed by atoms with Crippen LogP contribution in [0, 0.1) is 119 Å². The van der Waals surface area contributed by atoms with E-state index in [0.29, 0.717) is 102 Å². The van der Waals surface area contributed by atoms with Gasteiger partial charge < -0.3 is 27.0 Å². The second kappa shape index (κ2) is 44.6. The minimum Gasteiger partial charge on any atom is -0.399 e. The standard InChI is InChI=1S/C25H21F2N5O4S.C23H18F2N4O2.C21H16BrF2N3O4S.C19H13BrF2N2O2.C13H11F2N.CH4/c1-31-14-17(13-28-31)15-2-7-24(25(10-15)32(33)34)29-19-8-16(22-6-3-18(26)11-23(22)27)9-20(12-19)30-37(35,36)21-4-5-21;1-14-7-16(20-5-4-18(24)11-21(20)25)9-19(8-14)27-22-6-3-15(10-23(22)29(30)31)17-12-26-28(2)13-17;22-13-1-6-20(21(9-13)27(28)29)25-15-7-12(18-5-2-14(23)10-19(18)24)8-16(11-15)26-32(30,31)17-3-4-17;1-11-6-12(16-4-3-14(21)10-17(16)22)8-15(7-11)23-18-5-2-13(20)9-19(18)24(25)26;1-8-4-9(6-11(16)5-8)12-3-2-10(14)7-13(12)15;/h2-3,6-14,21,29-30H,4-5H2,1H3;3-13,27H,1-2H3;1-2,5-11,17,25-26H,3-4H2;2-10,23H,1H3;2-7H,16H2,1H3;1H4. The summed E-state index contributed by atoms with van der Waals surface area (Å²) in [6.07, 6.45) is 8.92. The summed E-state index contributed by atoms with van der Waals surface area (Å²) in [4.78, 5) is 44.2. The maximum atomic E-state index is 14.6. The third-order valence-electron chi connectivity index (χ3n) is 21.7. The van der Waals surface area contributed by atoms with Crippen LogP contribution in [0.3, 0.4) is 0 Å². The van der Waals surface area contributed by atoms with Crippen LogP contribution >= 0.6 is 31.9 Å². The predicted molar refractivity (Wildman–Crippen MR) is 541 cm³/mol. The average Bonchev–Trinajstić information content (AvgIpc) is 1.77. The lowest BCUT2D eigenvalue weighted by molar-refractivity contribution is -0.384. The van der Waals surface area contributed by atoms with Gasteiger partial charge in [-0.3, -0.25) is 59.3 Å². The van der Waals surface area contributed by atoms with Crippen LogP contribution in [-0.4, -0.2) is 66.6 Å². The third-order valence-corrected chi connectivity index (χ3v) is 26.4. The van der Waals surface area contributed by atoms with Crippen molar-refractivity contribution in [2.45, 2.75) is 64.4 Å². The minimum atomic E-state index is -3.65. The summed E-state index contributed by atoms with van der Waals surface area (Å²) in [6.45, 7) is 5.53. The van der Waals surface area contributed by atoms with Crippen molar-refractivity contribution in [1.29, 1.82) is 0 Å². The van der Waals surface area contributed by atoms with Crippen LogP contribution in [0.15, 0.2) is 289 Å². The molecular weight excluding hydrogens is 2040 g/mol. The zero-order valence-electron chi connectivity index (χ0n) is 74.9. The van der Waals surface area contributed by atoms with E-state index in [4.69, 9.17) is 5.73 Å². The second-order valence-electron chi connectivity index (χ2n) is 32.8. The van der Waals surface area contributed by atoms with E-state index in [9.17, 15) is 101 Å². The minimum absolute atomic E-state index is 0. The number of nitrogens with two attached hydrogens (primary N) is 1. The Balaban J connectivity index is 0.000000153. The molecule has 41 heteroatoms. The van der Waals surface area contributed by atoms with Crippen LogP contribution in [0.4, 0.5) is 129 Å². The number of nitro groups is 4. The lowest BCUT2D eigenvalue weighted by atomic mass is 10.0. The zero-order valence-corrected chi connectivity index (χ0v) is 79.8. The summed E-state index contributed by atoms with van der Waals surface area (Å²) in [5, 5.41) is 65.4. The fourth-order valence-electron chi connectivity index (χ4n) is 14.9. The van der Waals surface area contributed by atoms with E-state index in [-0.39, 0.29) is 97.7 Å². The SMILES string of the molecule is C.Cc1cc(N)cc(-c2ccc(F)cc2F)c1.Cc1cc(Nc2ccc(-c3cnn(C)c3)cc2[N+](=O)[O-])cc(-c2ccc(F)cc2F)c1.Cc1cc(Nc2ccc(Br)cc2[N+](=O)[O-])cc(-c2ccc(F)cc2F)c1.Cn1cc(-c2ccc(Nc3cc(NS(=O)(=O)C4CC4)cc(-c4ccc(F)cc4F)c3)c([N+](=O)[O-])c2)cn1.O=[N+]([O-])c1cc(Br)ccc1Nc1cc(NS(=O)(=O)C2CC2)cc(-c2ccc(F)cc2F)c1. The summed E-state index contributed by atoms with van der Waals surface area (Å²) in [7, 11) is -3.76. The van der Waals surface area contributed by atoms with E-state index in [0.717, 1.165) is 64.7 Å². The number of benzene rings is 14. The van der Waals surface area contributed by atoms with Gasteiger partial charge in [0.25, 0.3) is 22.7 Å². The van der Waals surface area contributed by atoms with Crippen LogP contribution in [-0.2, 0) is 34.1 Å². The van der Waals surface area contributed by atoms with Crippen LogP contribution in [0.1, 0.15) is 49.8 Å². The van der Waals surface area contributed by atoms with E-state index >= 15 is 0 Å². The number of nitrogens with zero attached hydrogens (tertiary/aromatic N) is 8. The zero-order chi connectivity index (χ0) is 102. The smallest absolute Gasteiger partial charge is 0.293 e. The number of hydrogen-bond acceptors (Lipinski definition) is 19. The molecule has 0 spiro atoms. The van der Waals surface area contributed by atoms with Crippen molar-refractivity contribution in [3.05, 3.63) is 404 Å². The monoisotopic (exact) mass is 2120 g/mol. The summed E-state index contributed by atoms with van der Waals surface area (Å²) in [5.74, 6) is -6.98. The molecule has 16 aromatic rings. The molecule has 18 rings (SSSR count). The van der Waals surface area contributed by atoms with Crippen molar-refractivity contribution in [3.63, 3.8) is 0 Å². The first-order valence-electron chi connectivity index (χ1n) is 42.6. The summed E-state index contributed by atoms with van der Waals surface area (Å²) < 4.78 is 196. The van der Waals surface area contributed by atoms with Gasteiger partial charge in [0.2, 0.25) is 20.0 Å². The topological polar surface area (TPSA) is 375 Å². The first-order chi connectivity index (χ1) is 67.4. The molecule has 27 nitrogen and oxygen atoms in total. The maximum Gasteiger partial charge on any atom is 0.293 e. The summed E-state index contributed by atoms with van der Waals surface area (Å²) >= 11 is 6.40. The average molecular weight is 2120 g/mol. The van der Waals surface area contributed by atoms with Crippen molar-refractivity contribution >= 4 is 137 Å². The highest BCUT2D eigenvalue weighted by Crippen LogP contribution is 2.44. The van der Waals surface area contributed by atoms with Crippen molar-refractivity contribution in [1.82, 2.24) is 19.6 Å². The Morgan fingerprint density at radius 2 is 0.580 bits per heavy atom. The number of nitro benzene ring substituents is 4. The Labute approximate surface area is 828 Å². The normalized spacial score (nSPS) is 12.0. The van der Waals surface area contributed by atoms with Crippen molar-refractivity contribution in [3.8, 4) is 77.9 Å². The van der Waals surface area contributed by atoms with E-state index in [2.05, 4.69) is 72.8 Å². The number of nitrogens with one attached hydrogen (secondary N) is 6. The maximum absolute atomic E-state index is 14.6. The summed E-state index contributed by atoms with van der Waals surface area (Å²) in [5.41, 5.74) is 17.0. The highest BCUT2D eigenvalue weighted by Gasteiger charge is 2.37. The van der Waals surface area contributed by atoms with Gasteiger partial charge in [-0.25, -0.2) is 60.7 Å². The molecule has 2 aliphatic rings. The molecule has 143 heavy (non-hydrogen) atoms. The molecule has 734 valence electrons. The van der Waals surface area contributed by atoms with Gasteiger partial charge >= 0.3 is 0 Å². The Morgan fingerprint density at radius 3 is 0.846 bits per heavy atom. The number of anilines is 11. The van der Waals surface area contributed by atoms with E-state index < -0.39 is 108 Å². The third kappa shape index (κ3) is 27.1. The van der Waals surface area contributed by atoms with E-state index in [1.54, 1.807) is 133 Å². The van der Waals surface area contributed by atoms with Gasteiger partial charge in [0.1, 0.15) is 80.9 Å². The number of aromatic nitrogens is 4. The fraction of sp³-hybridized carbons (Fsp3) is 0.118. The molecule has 0 unspecified atom stereocenters.